The van der Waals surface area contributed by atoms with Crippen molar-refractivity contribution in [2.45, 2.75) is 20.8 Å². The number of nitrogens with zero attached hydrogens (tertiary/aromatic N) is 1. The van der Waals surface area contributed by atoms with Crippen molar-refractivity contribution in [1.29, 1.82) is 0 Å². The maximum atomic E-state index is 4.40. The van der Waals surface area contributed by atoms with E-state index >= 15 is 0 Å². The van der Waals surface area contributed by atoms with Gasteiger partial charge in [-0.25, -0.2) is 0 Å². The van der Waals surface area contributed by atoms with Crippen molar-refractivity contribution >= 4 is 17.5 Å². The van der Waals surface area contributed by atoms with E-state index in [1.807, 2.05) is 75.4 Å². The monoisotopic (exact) mass is 275 g/mol. The summed E-state index contributed by atoms with van der Waals surface area (Å²) in [6.45, 7) is 10.0. The van der Waals surface area contributed by atoms with Crippen LogP contribution in [0.2, 0.25) is 0 Å². The van der Waals surface area contributed by atoms with Crippen LogP contribution in [0.3, 0.4) is 0 Å². The average molecular weight is 275 g/mol. The van der Waals surface area contributed by atoms with Crippen LogP contribution in [0.1, 0.15) is 31.9 Å². The van der Waals surface area contributed by atoms with E-state index in [4.69, 9.17) is 0 Å². The number of rotatable bonds is 4. The first kappa shape index (κ1) is 16.5. The molecule has 106 valence electrons. The Labute approximate surface area is 128 Å². The van der Waals surface area contributed by atoms with Gasteiger partial charge >= 0.3 is 0 Å². The SMILES string of the molecule is C=C(/C=C(\N=CC)c1cc#ccc1)c1ccccc1.CC. The second kappa shape index (κ2) is 9.34. The molecule has 0 unspecified atom stereocenters. The zero-order valence-corrected chi connectivity index (χ0v) is 12.9. The molecule has 0 atom stereocenters. The molecule has 0 saturated heterocycles. The van der Waals surface area contributed by atoms with Crippen LogP contribution < -0.4 is 0 Å². The van der Waals surface area contributed by atoms with Crippen LogP contribution in [0.25, 0.3) is 11.3 Å². The van der Waals surface area contributed by atoms with Crippen LogP contribution in [0.15, 0.2) is 66.2 Å². The molecule has 0 fully saturated rings. The molecule has 0 aliphatic rings. The highest BCUT2D eigenvalue weighted by Crippen LogP contribution is 2.21. The van der Waals surface area contributed by atoms with Gasteiger partial charge in [-0.2, -0.15) is 0 Å². The van der Waals surface area contributed by atoms with Gasteiger partial charge in [0.2, 0.25) is 0 Å². The van der Waals surface area contributed by atoms with Gasteiger partial charge in [-0.1, -0.05) is 62.9 Å². The first-order chi connectivity index (χ1) is 10.3. The fourth-order valence-corrected chi connectivity index (χ4v) is 1.74. The van der Waals surface area contributed by atoms with E-state index in [1.54, 1.807) is 6.21 Å². The predicted octanol–water partition coefficient (Wildman–Crippen LogP) is 5.46. The summed E-state index contributed by atoms with van der Waals surface area (Å²) in [4.78, 5) is 4.40. The minimum absolute atomic E-state index is 0.876. The number of benzene rings is 1. The van der Waals surface area contributed by atoms with Crippen LogP contribution in [-0.4, -0.2) is 6.21 Å². The Morgan fingerprint density at radius 2 is 1.76 bits per heavy atom. The molecule has 1 heteroatoms. The zero-order valence-electron chi connectivity index (χ0n) is 12.9. The van der Waals surface area contributed by atoms with Crippen molar-refractivity contribution < 1.29 is 0 Å². The Morgan fingerprint density at radius 1 is 1.05 bits per heavy atom. The van der Waals surface area contributed by atoms with Gasteiger partial charge in [-0.15, -0.1) is 0 Å². The summed E-state index contributed by atoms with van der Waals surface area (Å²) in [6.07, 6.45) is 3.76. The summed E-state index contributed by atoms with van der Waals surface area (Å²) >= 11 is 0. The molecule has 0 aliphatic heterocycles. The molecular formula is C20H21N. The first-order valence-corrected chi connectivity index (χ1v) is 7.14. The number of aliphatic imine (C=N–C) groups is 1. The topological polar surface area (TPSA) is 12.4 Å². The molecule has 0 amide bonds. The van der Waals surface area contributed by atoms with E-state index in [0.717, 1.165) is 22.4 Å². The Morgan fingerprint density at radius 3 is 2.33 bits per heavy atom. The molecule has 0 spiro atoms. The van der Waals surface area contributed by atoms with Gasteiger partial charge in [-0.05, 0) is 42.3 Å². The Kier molecular flexibility index (Phi) is 7.32. The molecule has 2 aromatic rings. The van der Waals surface area contributed by atoms with Crippen LogP contribution in [0, 0.1) is 12.1 Å². The quantitative estimate of drug-likeness (QED) is 0.519. The summed E-state index contributed by atoms with van der Waals surface area (Å²) < 4.78 is 0. The Balaban J connectivity index is 0.00000106. The molecule has 0 N–H and O–H groups in total. The number of allylic oxidation sites excluding steroid dienone is 2. The second-order valence-electron chi connectivity index (χ2n) is 4.03. The maximum absolute atomic E-state index is 4.40. The maximum Gasteiger partial charge on any atom is 0.0710 e. The molecule has 0 heterocycles. The zero-order chi connectivity index (χ0) is 15.5. The van der Waals surface area contributed by atoms with Gasteiger partial charge in [0.25, 0.3) is 0 Å². The Bertz CT molecular complexity index is 592. The highest BCUT2D eigenvalue weighted by atomic mass is 14.7. The lowest BCUT2D eigenvalue weighted by atomic mass is 10.0. The van der Waals surface area contributed by atoms with Crippen molar-refractivity contribution in [3.05, 3.63) is 84.4 Å². The van der Waals surface area contributed by atoms with E-state index < -0.39 is 0 Å². The van der Waals surface area contributed by atoms with E-state index in [2.05, 4.69) is 23.7 Å². The van der Waals surface area contributed by atoms with Gasteiger partial charge in [0.1, 0.15) is 0 Å². The van der Waals surface area contributed by atoms with Crippen molar-refractivity contribution in [3.63, 3.8) is 0 Å². The van der Waals surface area contributed by atoms with Crippen molar-refractivity contribution in [2.24, 2.45) is 4.99 Å². The summed E-state index contributed by atoms with van der Waals surface area (Å²) in [7, 11) is 0. The molecule has 0 aliphatic carbocycles. The van der Waals surface area contributed by atoms with E-state index in [0.29, 0.717) is 0 Å². The average Bonchev–Trinajstić information content (AvgIpc) is 2.58. The van der Waals surface area contributed by atoms with Crippen molar-refractivity contribution in [1.82, 2.24) is 0 Å². The fraction of sp³-hybridized carbons (Fsp3) is 0.150. The highest BCUT2D eigenvalue weighted by molar-refractivity contribution is 5.84. The third kappa shape index (κ3) is 5.12. The van der Waals surface area contributed by atoms with Crippen LogP contribution in [0.5, 0.6) is 0 Å². The smallest absolute Gasteiger partial charge is 0.0710 e. The predicted molar refractivity (Wildman–Crippen MR) is 93.1 cm³/mol. The largest absolute Gasteiger partial charge is 0.261 e. The molecule has 0 aromatic heterocycles. The molecule has 1 nitrogen and oxygen atoms in total. The highest BCUT2D eigenvalue weighted by Gasteiger charge is 2.01. The van der Waals surface area contributed by atoms with Crippen molar-refractivity contribution in [2.75, 3.05) is 0 Å². The third-order valence-corrected chi connectivity index (χ3v) is 2.68. The lowest BCUT2D eigenvalue weighted by molar-refractivity contribution is 1.50. The molecule has 2 rings (SSSR count). The molecule has 2 aromatic carbocycles. The van der Waals surface area contributed by atoms with Crippen LogP contribution >= 0.6 is 0 Å². The van der Waals surface area contributed by atoms with E-state index in [1.165, 1.54) is 0 Å². The number of hydrogen-bond acceptors (Lipinski definition) is 1. The van der Waals surface area contributed by atoms with Gasteiger partial charge < -0.3 is 0 Å². The normalized spacial score (nSPS) is 10.5. The van der Waals surface area contributed by atoms with Crippen molar-refractivity contribution in [3.8, 4) is 0 Å². The lowest BCUT2D eigenvalue weighted by Crippen LogP contribution is -1.84. The summed E-state index contributed by atoms with van der Waals surface area (Å²) in [5.41, 5.74) is 3.92. The third-order valence-electron chi connectivity index (χ3n) is 2.68. The minimum Gasteiger partial charge on any atom is -0.261 e. The second-order valence-corrected chi connectivity index (χ2v) is 4.03. The molecular weight excluding hydrogens is 254 g/mol. The van der Waals surface area contributed by atoms with Gasteiger partial charge in [0.05, 0.1) is 5.70 Å². The summed E-state index contributed by atoms with van der Waals surface area (Å²) in [6, 6.07) is 21.6. The van der Waals surface area contributed by atoms with Gasteiger partial charge in [0.15, 0.2) is 0 Å². The lowest BCUT2D eigenvalue weighted by Gasteiger charge is -2.04. The number of hydrogen-bond donors (Lipinski definition) is 0. The molecule has 21 heavy (non-hydrogen) atoms. The molecule has 0 radical (unpaired) electrons. The van der Waals surface area contributed by atoms with E-state index in [9.17, 15) is 0 Å². The fourth-order valence-electron chi connectivity index (χ4n) is 1.74. The van der Waals surface area contributed by atoms with Gasteiger partial charge in [0, 0.05) is 11.8 Å². The summed E-state index contributed by atoms with van der Waals surface area (Å²) in [5, 5.41) is 0. The molecule has 0 bridgehead atoms. The molecule has 0 saturated carbocycles. The summed E-state index contributed by atoms with van der Waals surface area (Å²) in [5.74, 6) is 0. The Hall–Kier alpha value is -2.59. The van der Waals surface area contributed by atoms with Gasteiger partial charge in [-0.3, -0.25) is 4.99 Å². The first-order valence-electron chi connectivity index (χ1n) is 7.14. The van der Waals surface area contributed by atoms with E-state index in [-0.39, 0.29) is 0 Å². The minimum atomic E-state index is 0.876. The van der Waals surface area contributed by atoms with Crippen LogP contribution in [-0.2, 0) is 0 Å². The van der Waals surface area contributed by atoms with Crippen LogP contribution in [0.4, 0.5) is 0 Å². The standard InChI is InChI=1S/C18H15N.C2H6/c1-3-19-18(17-12-8-5-9-13-17)14-15(2)16-10-6-4-7-11-16;1-2/h3-4,6-8,10-14H,2H2,1H3;1-2H3/b18-14-,19-3?;.